The zero-order valence-corrected chi connectivity index (χ0v) is 12.8. The minimum absolute atomic E-state index is 0.406. The van der Waals surface area contributed by atoms with E-state index in [1.807, 2.05) is 19.1 Å². The van der Waals surface area contributed by atoms with Crippen molar-refractivity contribution >= 4 is 11.6 Å². The Morgan fingerprint density at radius 2 is 1.85 bits per heavy atom. The summed E-state index contributed by atoms with van der Waals surface area (Å²) in [5.41, 5.74) is 1.31. The Labute approximate surface area is 125 Å². The van der Waals surface area contributed by atoms with Gasteiger partial charge in [-0.15, -0.1) is 0 Å². The predicted octanol–water partition coefficient (Wildman–Crippen LogP) is 5.00. The maximum absolute atomic E-state index is 5.95. The van der Waals surface area contributed by atoms with E-state index >= 15 is 0 Å². The van der Waals surface area contributed by atoms with Crippen LogP contribution in [0, 0.1) is 0 Å². The highest BCUT2D eigenvalue weighted by molar-refractivity contribution is 6.29. The number of nitrogens with zero attached hydrogens (tertiary/aromatic N) is 2. The van der Waals surface area contributed by atoms with E-state index in [1.165, 1.54) is 5.56 Å². The van der Waals surface area contributed by atoms with Crippen LogP contribution >= 0.6 is 11.6 Å². The number of hydrogen-bond donors (Lipinski definition) is 0. The third-order valence-corrected chi connectivity index (χ3v) is 3.51. The number of rotatable bonds is 5. The van der Waals surface area contributed by atoms with Crippen molar-refractivity contribution in [2.75, 3.05) is 0 Å². The number of benzene rings is 1. The highest BCUT2D eigenvalue weighted by Crippen LogP contribution is 2.25. The van der Waals surface area contributed by atoms with Gasteiger partial charge in [0.25, 0.3) is 0 Å². The van der Waals surface area contributed by atoms with Crippen LogP contribution in [0.5, 0.6) is 11.6 Å². The first-order valence-corrected chi connectivity index (χ1v) is 7.31. The van der Waals surface area contributed by atoms with Gasteiger partial charge in [0.1, 0.15) is 16.7 Å². The fourth-order valence-electron chi connectivity index (χ4n) is 1.87. The molecule has 0 amide bonds. The topological polar surface area (TPSA) is 35.0 Å². The van der Waals surface area contributed by atoms with Gasteiger partial charge in [0.15, 0.2) is 0 Å². The molecule has 2 aromatic rings. The van der Waals surface area contributed by atoms with Gasteiger partial charge < -0.3 is 4.74 Å². The Bertz CT molecular complexity index is 569. The van der Waals surface area contributed by atoms with E-state index in [1.54, 1.807) is 6.07 Å². The van der Waals surface area contributed by atoms with Crippen LogP contribution in [0.15, 0.2) is 30.3 Å². The van der Waals surface area contributed by atoms with Gasteiger partial charge in [0.05, 0.1) is 0 Å². The second-order valence-electron chi connectivity index (χ2n) is 4.78. The summed E-state index contributed by atoms with van der Waals surface area (Å²) in [5, 5.41) is 0.406. The van der Waals surface area contributed by atoms with Crippen LogP contribution < -0.4 is 4.74 Å². The van der Waals surface area contributed by atoms with Crippen molar-refractivity contribution < 1.29 is 4.74 Å². The molecule has 2 rings (SSSR count). The maximum atomic E-state index is 5.95. The molecule has 1 aromatic carbocycles. The van der Waals surface area contributed by atoms with E-state index in [2.05, 4.69) is 35.9 Å². The molecule has 0 aliphatic heterocycles. The SMILES string of the molecule is CCc1nc(Cl)cc(Oc2ccc(C(C)CC)cc2)n1. The molecule has 1 heterocycles. The predicted molar refractivity (Wildman–Crippen MR) is 81.6 cm³/mol. The third kappa shape index (κ3) is 3.70. The van der Waals surface area contributed by atoms with Gasteiger partial charge in [-0.3, -0.25) is 0 Å². The molecule has 3 nitrogen and oxygen atoms in total. The van der Waals surface area contributed by atoms with Crippen molar-refractivity contribution in [1.82, 2.24) is 9.97 Å². The number of halogens is 1. The number of aryl methyl sites for hydroxylation is 1. The van der Waals surface area contributed by atoms with E-state index in [-0.39, 0.29) is 0 Å². The Balaban J connectivity index is 2.15. The summed E-state index contributed by atoms with van der Waals surface area (Å²) in [6.45, 7) is 6.38. The minimum Gasteiger partial charge on any atom is -0.439 e. The minimum atomic E-state index is 0.406. The van der Waals surface area contributed by atoms with E-state index in [0.717, 1.165) is 18.6 Å². The lowest BCUT2D eigenvalue weighted by molar-refractivity contribution is 0.458. The summed E-state index contributed by atoms with van der Waals surface area (Å²) in [7, 11) is 0. The molecular formula is C16H19ClN2O. The summed E-state index contributed by atoms with van der Waals surface area (Å²) in [5.74, 6) is 2.49. The van der Waals surface area contributed by atoms with Crippen molar-refractivity contribution in [3.8, 4) is 11.6 Å². The molecule has 0 N–H and O–H groups in total. The summed E-state index contributed by atoms with van der Waals surface area (Å²) in [4.78, 5) is 8.42. The van der Waals surface area contributed by atoms with Crippen LogP contribution in [-0.4, -0.2) is 9.97 Å². The molecule has 0 saturated carbocycles. The molecule has 0 saturated heterocycles. The van der Waals surface area contributed by atoms with Crippen molar-refractivity contribution in [1.29, 1.82) is 0 Å². The van der Waals surface area contributed by atoms with E-state index in [9.17, 15) is 0 Å². The summed E-state index contributed by atoms with van der Waals surface area (Å²) >= 11 is 5.95. The smallest absolute Gasteiger partial charge is 0.224 e. The van der Waals surface area contributed by atoms with Gasteiger partial charge in [0.2, 0.25) is 5.88 Å². The Morgan fingerprint density at radius 3 is 2.45 bits per heavy atom. The zero-order chi connectivity index (χ0) is 14.5. The van der Waals surface area contributed by atoms with E-state index in [4.69, 9.17) is 16.3 Å². The van der Waals surface area contributed by atoms with Crippen LogP contribution in [0.4, 0.5) is 0 Å². The normalized spacial score (nSPS) is 12.2. The van der Waals surface area contributed by atoms with Crippen LogP contribution in [0.3, 0.4) is 0 Å². The lowest BCUT2D eigenvalue weighted by atomic mass is 9.99. The number of aromatic nitrogens is 2. The van der Waals surface area contributed by atoms with Crippen molar-refractivity contribution in [3.05, 3.63) is 46.9 Å². The van der Waals surface area contributed by atoms with E-state index in [0.29, 0.717) is 22.8 Å². The molecule has 106 valence electrons. The molecule has 0 radical (unpaired) electrons. The molecule has 0 fully saturated rings. The summed E-state index contributed by atoms with van der Waals surface area (Å²) < 4.78 is 5.73. The fourth-order valence-corrected chi connectivity index (χ4v) is 2.06. The zero-order valence-electron chi connectivity index (χ0n) is 12.1. The van der Waals surface area contributed by atoms with Gasteiger partial charge in [-0.2, -0.15) is 4.98 Å². The number of ether oxygens (including phenoxy) is 1. The van der Waals surface area contributed by atoms with Crippen molar-refractivity contribution in [2.24, 2.45) is 0 Å². The fraction of sp³-hybridized carbons (Fsp3) is 0.375. The molecule has 0 aliphatic rings. The lowest BCUT2D eigenvalue weighted by Crippen LogP contribution is -1.97. The Kier molecular flexibility index (Phi) is 4.96. The maximum Gasteiger partial charge on any atom is 0.224 e. The first kappa shape index (κ1) is 14.8. The molecule has 0 spiro atoms. The largest absolute Gasteiger partial charge is 0.439 e. The van der Waals surface area contributed by atoms with Gasteiger partial charge >= 0.3 is 0 Å². The molecule has 20 heavy (non-hydrogen) atoms. The molecule has 4 heteroatoms. The molecular weight excluding hydrogens is 272 g/mol. The molecule has 1 aromatic heterocycles. The molecule has 1 unspecified atom stereocenters. The van der Waals surface area contributed by atoms with Crippen LogP contribution in [0.2, 0.25) is 5.15 Å². The monoisotopic (exact) mass is 290 g/mol. The van der Waals surface area contributed by atoms with Crippen molar-refractivity contribution in [2.45, 2.75) is 39.5 Å². The third-order valence-electron chi connectivity index (χ3n) is 3.32. The van der Waals surface area contributed by atoms with E-state index < -0.39 is 0 Å². The van der Waals surface area contributed by atoms with Gasteiger partial charge in [-0.25, -0.2) is 4.98 Å². The quantitative estimate of drug-likeness (QED) is 0.727. The van der Waals surface area contributed by atoms with Crippen LogP contribution in [-0.2, 0) is 6.42 Å². The lowest BCUT2D eigenvalue weighted by Gasteiger charge is -2.10. The molecule has 0 aliphatic carbocycles. The standard InChI is InChI=1S/C16H19ClN2O/c1-4-11(3)12-6-8-13(9-7-12)20-16-10-14(17)18-15(5-2)19-16/h6-11H,4-5H2,1-3H3. The van der Waals surface area contributed by atoms with Gasteiger partial charge in [-0.1, -0.05) is 44.5 Å². The average molecular weight is 291 g/mol. The second-order valence-corrected chi connectivity index (χ2v) is 5.17. The van der Waals surface area contributed by atoms with Crippen LogP contribution in [0.25, 0.3) is 0 Å². The first-order chi connectivity index (χ1) is 9.62. The first-order valence-electron chi connectivity index (χ1n) is 6.93. The van der Waals surface area contributed by atoms with Gasteiger partial charge in [0, 0.05) is 12.5 Å². The van der Waals surface area contributed by atoms with Gasteiger partial charge in [-0.05, 0) is 30.0 Å². The highest BCUT2D eigenvalue weighted by atomic mass is 35.5. The summed E-state index contributed by atoms with van der Waals surface area (Å²) in [6.07, 6.45) is 1.85. The van der Waals surface area contributed by atoms with Crippen LogP contribution in [0.1, 0.15) is 44.5 Å². The number of hydrogen-bond acceptors (Lipinski definition) is 3. The average Bonchev–Trinajstić information content (AvgIpc) is 2.46. The molecule has 0 bridgehead atoms. The Hall–Kier alpha value is -1.61. The summed E-state index contributed by atoms with van der Waals surface area (Å²) in [6, 6.07) is 9.73. The highest BCUT2D eigenvalue weighted by Gasteiger charge is 2.06. The molecule has 1 atom stereocenters. The second kappa shape index (κ2) is 6.71. The Morgan fingerprint density at radius 1 is 1.15 bits per heavy atom. The van der Waals surface area contributed by atoms with Crippen molar-refractivity contribution in [3.63, 3.8) is 0 Å².